The average Bonchev–Trinajstić information content (AvgIpc) is 2.42. The van der Waals surface area contributed by atoms with Crippen LogP contribution in [0.5, 0.6) is 0 Å². The van der Waals surface area contributed by atoms with Gasteiger partial charge in [0.2, 0.25) is 5.91 Å². The van der Waals surface area contributed by atoms with E-state index in [2.05, 4.69) is 45.2 Å². The maximum absolute atomic E-state index is 11.6. The topological polar surface area (TPSA) is 20.3 Å². The first-order valence-electron chi connectivity index (χ1n) is 8.20. The Balaban J connectivity index is 5.07. The largest absolute Gasteiger partial charge is 0.316 e. The molecule has 0 aromatic heterocycles. The first-order chi connectivity index (χ1) is 10.2. The van der Waals surface area contributed by atoms with E-state index in [0.29, 0.717) is 17.8 Å². The van der Waals surface area contributed by atoms with E-state index in [4.69, 9.17) is 0 Å². The number of allylic oxidation sites excluding steroid dienone is 4. The van der Waals surface area contributed by atoms with Crippen LogP contribution in [0.3, 0.4) is 0 Å². The van der Waals surface area contributed by atoms with Crippen molar-refractivity contribution in [3.8, 4) is 0 Å². The Morgan fingerprint density at radius 2 is 1.86 bits per heavy atom. The van der Waals surface area contributed by atoms with Crippen molar-refractivity contribution in [1.29, 1.82) is 0 Å². The number of amides is 1. The van der Waals surface area contributed by atoms with Gasteiger partial charge in [-0.1, -0.05) is 39.0 Å². The van der Waals surface area contributed by atoms with Gasteiger partial charge in [-0.2, -0.15) is 0 Å². The van der Waals surface area contributed by atoms with Crippen molar-refractivity contribution in [3.63, 3.8) is 0 Å². The van der Waals surface area contributed by atoms with E-state index < -0.39 is 0 Å². The third-order valence-electron chi connectivity index (χ3n) is 4.20. The molecule has 22 heavy (non-hydrogen) atoms. The van der Waals surface area contributed by atoms with Crippen LogP contribution in [0.1, 0.15) is 54.4 Å². The van der Waals surface area contributed by atoms with Gasteiger partial charge in [0.1, 0.15) is 0 Å². The summed E-state index contributed by atoms with van der Waals surface area (Å²) < 4.78 is 0. The Hall–Kier alpha value is -1.53. The predicted octanol–water partition coefficient (Wildman–Crippen LogP) is 5.34. The summed E-state index contributed by atoms with van der Waals surface area (Å²) in [6.45, 7) is 16.0. The number of likely N-dealkylation sites (N-methyl/N-ethyl adjacent to an activating group) is 1. The number of hydrogen-bond acceptors (Lipinski definition) is 1. The molecule has 124 valence electrons. The van der Waals surface area contributed by atoms with E-state index in [-0.39, 0.29) is 5.91 Å². The maximum Gasteiger partial charge on any atom is 0.223 e. The van der Waals surface area contributed by atoms with Crippen molar-refractivity contribution in [1.82, 2.24) is 4.90 Å². The minimum atomic E-state index is 0.0617. The molecule has 0 aromatic carbocycles. The molecule has 2 heteroatoms. The lowest BCUT2D eigenvalue weighted by atomic mass is 9.84. The molecule has 2 unspecified atom stereocenters. The lowest BCUT2D eigenvalue weighted by molar-refractivity contribution is -0.125. The molecule has 0 N–H and O–H groups in total. The van der Waals surface area contributed by atoms with E-state index in [0.717, 1.165) is 24.1 Å². The van der Waals surface area contributed by atoms with Crippen LogP contribution in [0.4, 0.5) is 0 Å². The highest BCUT2D eigenvalue weighted by atomic mass is 16.2. The van der Waals surface area contributed by atoms with Gasteiger partial charge in [0.05, 0.1) is 0 Å². The van der Waals surface area contributed by atoms with Gasteiger partial charge in [0, 0.05) is 19.7 Å². The number of hydrogen-bond donors (Lipinski definition) is 0. The van der Waals surface area contributed by atoms with Gasteiger partial charge in [-0.15, -0.1) is 5.73 Å². The molecule has 2 nitrogen and oxygen atoms in total. The summed E-state index contributed by atoms with van der Waals surface area (Å²) in [4.78, 5) is 13.3. The van der Waals surface area contributed by atoms with E-state index >= 15 is 0 Å². The molecule has 0 heterocycles. The molecular weight excluding hydrogens is 270 g/mol. The van der Waals surface area contributed by atoms with Crippen molar-refractivity contribution < 1.29 is 4.79 Å². The van der Waals surface area contributed by atoms with Crippen LogP contribution in [0.2, 0.25) is 0 Å². The molecule has 0 aliphatic rings. The molecule has 0 saturated heterocycles. The summed E-state index contributed by atoms with van der Waals surface area (Å²) in [6, 6.07) is 0. The van der Waals surface area contributed by atoms with Crippen LogP contribution < -0.4 is 0 Å². The van der Waals surface area contributed by atoms with Crippen LogP contribution >= 0.6 is 0 Å². The van der Waals surface area contributed by atoms with Crippen molar-refractivity contribution in [3.05, 3.63) is 41.8 Å². The van der Waals surface area contributed by atoms with E-state index in [1.165, 1.54) is 0 Å². The fourth-order valence-corrected chi connectivity index (χ4v) is 2.76. The fraction of sp³-hybridized carbons (Fsp3) is 0.600. The summed E-state index contributed by atoms with van der Waals surface area (Å²) in [5, 5.41) is 0. The first kappa shape index (κ1) is 20.5. The minimum Gasteiger partial charge on any atom is -0.316 e. The monoisotopic (exact) mass is 303 g/mol. The minimum absolute atomic E-state index is 0.0617. The maximum atomic E-state index is 11.6. The lowest BCUT2D eigenvalue weighted by Gasteiger charge is -2.23. The SMILES string of the molecule is C=C=C[C@H](C)CC(C)C(/C=C\C(=C(C)C)N(C)C(C)=O)CC. The second kappa shape index (κ2) is 10.2. The summed E-state index contributed by atoms with van der Waals surface area (Å²) in [5.74, 6) is 1.65. The number of carbonyl (C=O) groups excluding carboxylic acids is 1. The summed E-state index contributed by atoms with van der Waals surface area (Å²) in [7, 11) is 1.83. The van der Waals surface area contributed by atoms with Gasteiger partial charge in [0.15, 0.2) is 0 Å². The van der Waals surface area contributed by atoms with Crippen molar-refractivity contribution in [2.75, 3.05) is 7.05 Å². The lowest BCUT2D eigenvalue weighted by Crippen LogP contribution is -2.23. The highest BCUT2D eigenvalue weighted by Crippen LogP contribution is 2.25. The van der Waals surface area contributed by atoms with E-state index in [1.54, 1.807) is 11.8 Å². The molecule has 3 atom stereocenters. The normalized spacial score (nSPS) is 14.9. The van der Waals surface area contributed by atoms with Crippen molar-refractivity contribution >= 4 is 5.91 Å². The van der Waals surface area contributed by atoms with Gasteiger partial charge >= 0.3 is 0 Å². The highest BCUT2D eigenvalue weighted by molar-refractivity contribution is 5.75. The van der Waals surface area contributed by atoms with Gasteiger partial charge in [-0.3, -0.25) is 4.79 Å². The molecule has 0 bridgehead atoms. The Labute approximate surface area is 137 Å². The summed E-state index contributed by atoms with van der Waals surface area (Å²) >= 11 is 0. The Morgan fingerprint density at radius 1 is 1.27 bits per heavy atom. The smallest absolute Gasteiger partial charge is 0.223 e. The number of carbonyl (C=O) groups is 1. The third-order valence-corrected chi connectivity index (χ3v) is 4.20. The van der Waals surface area contributed by atoms with Crippen molar-refractivity contribution in [2.24, 2.45) is 17.8 Å². The van der Waals surface area contributed by atoms with Crippen LogP contribution in [0, 0.1) is 17.8 Å². The second-order valence-corrected chi connectivity index (χ2v) is 6.46. The molecule has 0 aliphatic heterocycles. The fourth-order valence-electron chi connectivity index (χ4n) is 2.76. The van der Waals surface area contributed by atoms with E-state index in [1.807, 2.05) is 27.0 Å². The Bertz CT molecular complexity index is 462. The van der Waals surface area contributed by atoms with Crippen LogP contribution in [-0.2, 0) is 4.79 Å². The second-order valence-electron chi connectivity index (χ2n) is 6.46. The Morgan fingerprint density at radius 3 is 2.27 bits per heavy atom. The molecular formula is C20H33NO. The predicted molar refractivity (Wildman–Crippen MR) is 96.4 cm³/mol. The quantitative estimate of drug-likeness (QED) is 0.437. The molecule has 0 fully saturated rings. The molecule has 0 radical (unpaired) electrons. The molecule has 0 aliphatic carbocycles. The average molecular weight is 303 g/mol. The number of rotatable bonds is 8. The zero-order chi connectivity index (χ0) is 17.3. The van der Waals surface area contributed by atoms with E-state index in [9.17, 15) is 4.79 Å². The van der Waals surface area contributed by atoms with Crippen LogP contribution in [-0.4, -0.2) is 17.9 Å². The van der Waals surface area contributed by atoms with Gasteiger partial charge in [-0.05, 0) is 56.6 Å². The zero-order valence-corrected chi connectivity index (χ0v) is 15.4. The van der Waals surface area contributed by atoms with Gasteiger partial charge in [-0.25, -0.2) is 0 Å². The molecule has 1 amide bonds. The first-order valence-corrected chi connectivity index (χ1v) is 8.20. The van der Waals surface area contributed by atoms with Gasteiger partial charge in [0.25, 0.3) is 0 Å². The molecule has 0 saturated carbocycles. The Kier molecular flexibility index (Phi) is 9.53. The molecule has 0 aromatic rings. The highest BCUT2D eigenvalue weighted by Gasteiger charge is 2.16. The molecule has 0 spiro atoms. The van der Waals surface area contributed by atoms with Crippen LogP contribution in [0.15, 0.2) is 41.8 Å². The summed E-state index contributed by atoms with van der Waals surface area (Å²) in [6.07, 6.45) is 8.63. The standard InChI is InChI=1S/C20H33NO/c1-9-11-16(5)14-17(6)19(10-2)12-13-20(15(3)4)21(8)18(7)22/h11-13,16-17,19H,1,10,14H2,2-8H3/b13-12-/t16-,17?,19?/m0/s1. The van der Waals surface area contributed by atoms with Crippen LogP contribution in [0.25, 0.3) is 0 Å². The summed E-state index contributed by atoms with van der Waals surface area (Å²) in [5.41, 5.74) is 5.03. The van der Waals surface area contributed by atoms with Crippen molar-refractivity contribution in [2.45, 2.75) is 54.4 Å². The third kappa shape index (κ3) is 6.95. The molecule has 0 rings (SSSR count). The number of nitrogens with zero attached hydrogens (tertiary/aromatic N) is 1. The zero-order valence-electron chi connectivity index (χ0n) is 15.4. The van der Waals surface area contributed by atoms with Gasteiger partial charge < -0.3 is 4.90 Å².